The van der Waals surface area contributed by atoms with Gasteiger partial charge in [-0.05, 0) is 69.5 Å². The van der Waals surface area contributed by atoms with Crippen LogP contribution in [0.4, 0.5) is 5.69 Å². The number of piperidine rings is 1. The molecule has 0 saturated carbocycles. The molecule has 1 aromatic heterocycles. The van der Waals surface area contributed by atoms with Gasteiger partial charge in [0.2, 0.25) is 5.91 Å². The zero-order valence-electron chi connectivity index (χ0n) is 16.4. The van der Waals surface area contributed by atoms with Gasteiger partial charge in [0.25, 0.3) is 0 Å². The largest absolute Gasteiger partial charge is 0.486 e. The molecule has 0 spiro atoms. The van der Waals surface area contributed by atoms with Crippen LogP contribution < -0.4 is 14.8 Å². The summed E-state index contributed by atoms with van der Waals surface area (Å²) in [4.78, 5) is 17.7. The number of aryl methyl sites for hydroxylation is 1. The van der Waals surface area contributed by atoms with E-state index in [0.29, 0.717) is 31.3 Å². The van der Waals surface area contributed by atoms with Crippen LogP contribution in [0.5, 0.6) is 11.5 Å². The molecule has 1 aromatic carbocycles. The Labute approximate surface area is 170 Å². The van der Waals surface area contributed by atoms with Crippen molar-refractivity contribution in [2.75, 3.05) is 31.6 Å². The van der Waals surface area contributed by atoms with Crippen molar-refractivity contribution in [3.8, 4) is 11.5 Å². The second-order valence-electron chi connectivity index (χ2n) is 7.68. The van der Waals surface area contributed by atoms with Gasteiger partial charge in [0.15, 0.2) is 11.5 Å². The molecule has 6 heteroatoms. The van der Waals surface area contributed by atoms with Crippen LogP contribution in [0.25, 0.3) is 0 Å². The van der Waals surface area contributed by atoms with E-state index in [9.17, 15) is 4.79 Å². The Morgan fingerprint density at radius 1 is 1.14 bits per heavy atom. The number of nitrogens with zero attached hydrogens (tertiary/aromatic N) is 1. The molecule has 150 valence electrons. The number of hydrogen-bond donors (Lipinski definition) is 1. The SMILES string of the molecule is Cc1ccc(CN2CCC(CCC(=O)Nc3ccc4c(c3)OCCO4)CC2)s1. The highest BCUT2D eigenvalue weighted by atomic mass is 32.1. The third kappa shape index (κ3) is 5.06. The van der Waals surface area contributed by atoms with Crippen molar-refractivity contribution in [1.82, 2.24) is 4.90 Å². The summed E-state index contributed by atoms with van der Waals surface area (Å²) in [6.45, 7) is 6.61. The number of anilines is 1. The number of amides is 1. The van der Waals surface area contributed by atoms with Gasteiger partial charge in [0.05, 0.1) is 0 Å². The molecular formula is C22H28N2O3S. The van der Waals surface area contributed by atoms with Crippen molar-refractivity contribution in [2.24, 2.45) is 5.92 Å². The normalized spacial score (nSPS) is 17.5. The predicted molar refractivity (Wildman–Crippen MR) is 112 cm³/mol. The van der Waals surface area contributed by atoms with Gasteiger partial charge in [-0.15, -0.1) is 11.3 Å². The van der Waals surface area contributed by atoms with Crippen LogP contribution in [-0.2, 0) is 11.3 Å². The van der Waals surface area contributed by atoms with Crippen molar-refractivity contribution in [3.05, 3.63) is 40.1 Å². The second kappa shape index (κ2) is 8.97. The molecule has 1 N–H and O–H groups in total. The first kappa shape index (κ1) is 19.3. The lowest BCUT2D eigenvalue weighted by atomic mass is 9.92. The zero-order valence-corrected chi connectivity index (χ0v) is 17.2. The van der Waals surface area contributed by atoms with Crippen LogP contribution >= 0.6 is 11.3 Å². The summed E-state index contributed by atoms with van der Waals surface area (Å²) in [5, 5.41) is 2.99. The van der Waals surface area contributed by atoms with Crippen molar-refractivity contribution in [3.63, 3.8) is 0 Å². The number of carbonyl (C=O) groups excluding carboxylic acids is 1. The molecule has 1 amide bonds. The van der Waals surface area contributed by atoms with Gasteiger partial charge in [-0.2, -0.15) is 0 Å². The summed E-state index contributed by atoms with van der Waals surface area (Å²) in [7, 11) is 0. The van der Waals surface area contributed by atoms with E-state index in [0.717, 1.165) is 37.5 Å². The van der Waals surface area contributed by atoms with Gasteiger partial charge in [-0.25, -0.2) is 0 Å². The average molecular weight is 401 g/mol. The number of carbonyl (C=O) groups is 1. The highest BCUT2D eigenvalue weighted by Crippen LogP contribution is 2.32. The number of likely N-dealkylation sites (tertiary alicyclic amines) is 1. The van der Waals surface area contributed by atoms with Crippen LogP contribution in [-0.4, -0.2) is 37.1 Å². The first-order valence-electron chi connectivity index (χ1n) is 10.1. The first-order valence-corrected chi connectivity index (χ1v) is 10.9. The van der Waals surface area contributed by atoms with Gasteiger partial charge in [-0.1, -0.05) is 0 Å². The number of fused-ring (bicyclic) bond motifs is 1. The minimum Gasteiger partial charge on any atom is -0.486 e. The summed E-state index contributed by atoms with van der Waals surface area (Å²) in [6.07, 6.45) is 3.90. The topological polar surface area (TPSA) is 50.8 Å². The Hall–Kier alpha value is -2.05. The zero-order chi connectivity index (χ0) is 19.3. The molecule has 1 saturated heterocycles. The number of hydrogen-bond acceptors (Lipinski definition) is 5. The van der Waals surface area contributed by atoms with Gasteiger partial charge in [0, 0.05) is 34.5 Å². The fourth-order valence-electron chi connectivity index (χ4n) is 3.90. The van der Waals surface area contributed by atoms with E-state index in [1.807, 2.05) is 29.5 Å². The van der Waals surface area contributed by atoms with E-state index in [4.69, 9.17) is 9.47 Å². The minimum atomic E-state index is 0.0770. The summed E-state index contributed by atoms with van der Waals surface area (Å²) in [5.74, 6) is 2.17. The quantitative estimate of drug-likeness (QED) is 0.778. The lowest BCUT2D eigenvalue weighted by molar-refractivity contribution is -0.116. The maximum atomic E-state index is 12.3. The van der Waals surface area contributed by atoms with Crippen molar-refractivity contribution in [2.45, 2.75) is 39.2 Å². The smallest absolute Gasteiger partial charge is 0.224 e. The third-order valence-electron chi connectivity index (χ3n) is 5.49. The second-order valence-corrected chi connectivity index (χ2v) is 9.05. The highest BCUT2D eigenvalue weighted by Gasteiger charge is 2.20. The van der Waals surface area contributed by atoms with E-state index in [2.05, 4.69) is 29.3 Å². The van der Waals surface area contributed by atoms with E-state index >= 15 is 0 Å². The fourth-order valence-corrected chi connectivity index (χ4v) is 4.84. The molecule has 0 atom stereocenters. The lowest BCUT2D eigenvalue weighted by Gasteiger charge is -2.31. The monoisotopic (exact) mass is 400 g/mol. The van der Waals surface area contributed by atoms with E-state index < -0.39 is 0 Å². The number of ether oxygens (including phenoxy) is 2. The summed E-state index contributed by atoms with van der Waals surface area (Å²) < 4.78 is 11.1. The minimum absolute atomic E-state index is 0.0770. The highest BCUT2D eigenvalue weighted by molar-refractivity contribution is 7.11. The molecule has 28 heavy (non-hydrogen) atoms. The molecule has 2 aromatic rings. The average Bonchev–Trinajstić information content (AvgIpc) is 3.12. The third-order valence-corrected chi connectivity index (χ3v) is 6.47. The predicted octanol–water partition coefficient (Wildman–Crippen LogP) is 4.46. The van der Waals surface area contributed by atoms with Crippen LogP contribution in [0.3, 0.4) is 0 Å². The van der Waals surface area contributed by atoms with Crippen molar-refractivity contribution in [1.29, 1.82) is 0 Å². The molecule has 5 nitrogen and oxygen atoms in total. The Morgan fingerprint density at radius 3 is 2.68 bits per heavy atom. The van der Waals surface area contributed by atoms with Crippen LogP contribution in [0.15, 0.2) is 30.3 Å². The number of thiophene rings is 1. The van der Waals surface area contributed by atoms with Crippen molar-refractivity contribution >= 4 is 22.9 Å². The Bertz CT molecular complexity index is 812. The van der Waals surface area contributed by atoms with Crippen LogP contribution in [0.2, 0.25) is 0 Å². The van der Waals surface area contributed by atoms with E-state index in [1.165, 1.54) is 22.6 Å². The summed E-state index contributed by atoms with van der Waals surface area (Å²) >= 11 is 1.89. The Balaban J connectivity index is 1.18. The molecule has 2 aliphatic rings. The number of benzene rings is 1. The molecule has 0 aliphatic carbocycles. The number of nitrogens with one attached hydrogen (secondary N) is 1. The molecule has 0 bridgehead atoms. The molecule has 3 heterocycles. The molecule has 0 radical (unpaired) electrons. The van der Waals surface area contributed by atoms with Gasteiger partial charge in [-0.3, -0.25) is 9.69 Å². The maximum Gasteiger partial charge on any atom is 0.224 e. The fraction of sp³-hybridized carbons (Fsp3) is 0.500. The molecule has 1 fully saturated rings. The number of rotatable bonds is 6. The van der Waals surface area contributed by atoms with E-state index in [1.54, 1.807) is 0 Å². The van der Waals surface area contributed by atoms with E-state index in [-0.39, 0.29) is 5.91 Å². The Morgan fingerprint density at radius 2 is 1.93 bits per heavy atom. The summed E-state index contributed by atoms with van der Waals surface area (Å²) in [5.41, 5.74) is 0.773. The molecule has 0 unspecified atom stereocenters. The Kier molecular flexibility index (Phi) is 6.17. The molecular weight excluding hydrogens is 372 g/mol. The first-order chi connectivity index (χ1) is 13.7. The van der Waals surface area contributed by atoms with Gasteiger partial charge < -0.3 is 14.8 Å². The molecule has 4 rings (SSSR count). The summed E-state index contributed by atoms with van der Waals surface area (Å²) in [6, 6.07) is 10.0. The lowest BCUT2D eigenvalue weighted by Crippen LogP contribution is -2.33. The molecule has 2 aliphatic heterocycles. The maximum absolute atomic E-state index is 12.3. The van der Waals surface area contributed by atoms with Crippen LogP contribution in [0, 0.1) is 12.8 Å². The van der Waals surface area contributed by atoms with Gasteiger partial charge >= 0.3 is 0 Å². The van der Waals surface area contributed by atoms with Gasteiger partial charge in [0.1, 0.15) is 13.2 Å². The van der Waals surface area contributed by atoms with Crippen LogP contribution in [0.1, 0.15) is 35.4 Å². The van der Waals surface area contributed by atoms with Crippen molar-refractivity contribution < 1.29 is 14.3 Å². The standard InChI is InChI=1S/C22H28N2O3S/c1-16-2-5-19(28-16)15-24-10-8-17(9-11-24)3-7-22(25)23-18-4-6-20-21(14-18)27-13-12-26-20/h2,4-6,14,17H,3,7-13,15H2,1H3,(H,23,25).